The second kappa shape index (κ2) is 6.75. The van der Waals surface area contributed by atoms with Crippen molar-refractivity contribution in [2.24, 2.45) is 0 Å². The molecule has 2 aromatic rings. The second-order valence-corrected chi connectivity index (χ2v) is 5.11. The van der Waals surface area contributed by atoms with Crippen LogP contribution in [0, 0.1) is 5.82 Å². The van der Waals surface area contributed by atoms with E-state index in [2.05, 4.69) is 24.3 Å². The summed E-state index contributed by atoms with van der Waals surface area (Å²) in [5.74, 6) is -0.350. The quantitative estimate of drug-likeness (QED) is 0.841. The van der Waals surface area contributed by atoms with E-state index in [4.69, 9.17) is 11.6 Å². The molecule has 3 nitrogen and oxygen atoms in total. The SMILES string of the molecule is CCC(CC)n1ccc(CNc2c(F)cccc2Cl)n1. The Hall–Kier alpha value is -1.55. The molecule has 0 radical (unpaired) electrons. The van der Waals surface area contributed by atoms with E-state index >= 15 is 0 Å². The monoisotopic (exact) mass is 295 g/mol. The lowest BCUT2D eigenvalue weighted by Crippen LogP contribution is -2.09. The van der Waals surface area contributed by atoms with Crippen molar-refractivity contribution in [1.29, 1.82) is 0 Å². The predicted octanol–water partition coefficient (Wildman–Crippen LogP) is 4.65. The fourth-order valence-corrected chi connectivity index (χ4v) is 2.41. The number of anilines is 1. The van der Waals surface area contributed by atoms with Gasteiger partial charge in [0.25, 0.3) is 0 Å². The predicted molar refractivity (Wildman–Crippen MR) is 80.6 cm³/mol. The molecule has 108 valence electrons. The molecule has 1 aromatic heterocycles. The molecule has 2 rings (SSSR count). The van der Waals surface area contributed by atoms with Crippen LogP contribution in [0.15, 0.2) is 30.5 Å². The summed E-state index contributed by atoms with van der Waals surface area (Å²) in [5.41, 5.74) is 1.20. The van der Waals surface area contributed by atoms with E-state index < -0.39 is 0 Å². The Balaban J connectivity index is 2.05. The number of para-hydroxylation sites is 1. The van der Waals surface area contributed by atoms with Crippen LogP contribution in [-0.2, 0) is 6.54 Å². The van der Waals surface area contributed by atoms with Gasteiger partial charge in [-0.2, -0.15) is 5.10 Å². The lowest BCUT2D eigenvalue weighted by molar-refractivity contribution is 0.426. The molecule has 0 spiro atoms. The van der Waals surface area contributed by atoms with Crippen molar-refractivity contribution in [2.75, 3.05) is 5.32 Å². The molecule has 0 aliphatic rings. The summed E-state index contributed by atoms with van der Waals surface area (Å²) in [5, 5.41) is 7.90. The maximum Gasteiger partial charge on any atom is 0.147 e. The van der Waals surface area contributed by atoms with E-state index in [1.165, 1.54) is 6.07 Å². The summed E-state index contributed by atoms with van der Waals surface area (Å²) in [6.45, 7) is 4.74. The molecule has 0 saturated carbocycles. The topological polar surface area (TPSA) is 29.9 Å². The highest BCUT2D eigenvalue weighted by Gasteiger charge is 2.09. The van der Waals surface area contributed by atoms with Gasteiger partial charge in [-0.15, -0.1) is 0 Å². The van der Waals surface area contributed by atoms with Gasteiger partial charge >= 0.3 is 0 Å². The van der Waals surface area contributed by atoms with Crippen molar-refractivity contribution < 1.29 is 4.39 Å². The number of hydrogen-bond donors (Lipinski definition) is 1. The first kappa shape index (κ1) is 14.9. The molecule has 0 aliphatic heterocycles. The molecule has 0 fully saturated rings. The zero-order valence-corrected chi connectivity index (χ0v) is 12.5. The summed E-state index contributed by atoms with van der Waals surface area (Å²) in [7, 11) is 0. The maximum absolute atomic E-state index is 13.6. The van der Waals surface area contributed by atoms with Crippen molar-refractivity contribution in [3.8, 4) is 0 Å². The van der Waals surface area contributed by atoms with E-state index in [0.29, 0.717) is 23.3 Å². The van der Waals surface area contributed by atoms with Gasteiger partial charge in [0.05, 0.1) is 29.0 Å². The van der Waals surface area contributed by atoms with Gasteiger partial charge in [-0.05, 0) is 31.0 Å². The third-order valence-electron chi connectivity index (χ3n) is 3.39. The summed E-state index contributed by atoms with van der Waals surface area (Å²) in [6.07, 6.45) is 4.06. The van der Waals surface area contributed by atoms with Crippen LogP contribution in [-0.4, -0.2) is 9.78 Å². The number of nitrogens with zero attached hydrogens (tertiary/aromatic N) is 2. The molecule has 1 heterocycles. The minimum atomic E-state index is -0.350. The van der Waals surface area contributed by atoms with Gasteiger partial charge in [0, 0.05) is 6.20 Å². The lowest BCUT2D eigenvalue weighted by atomic mass is 10.2. The molecule has 5 heteroatoms. The Morgan fingerprint density at radius 3 is 2.70 bits per heavy atom. The smallest absolute Gasteiger partial charge is 0.147 e. The Morgan fingerprint density at radius 2 is 2.05 bits per heavy atom. The van der Waals surface area contributed by atoms with Gasteiger partial charge in [-0.25, -0.2) is 4.39 Å². The number of hydrogen-bond acceptors (Lipinski definition) is 2. The highest BCUT2D eigenvalue weighted by molar-refractivity contribution is 6.33. The second-order valence-electron chi connectivity index (χ2n) is 4.71. The first-order valence-electron chi connectivity index (χ1n) is 6.87. The minimum absolute atomic E-state index is 0.325. The normalized spacial score (nSPS) is 11.1. The van der Waals surface area contributed by atoms with Gasteiger partial charge in [-0.1, -0.05) is 31.5 Å². The molecule has 0 unspecified atom stereocenters. The molecule has 1 N–H and O–H groups in total. The summed E-state index contributed by atoms with van der Waals surface area (Å²) in [6, 6.07) is 7.00. The average molecular weight is 296 g/mol. The van der Waals surface area contributed by atoms with Crippen molar-refractivity contribution in [2.45, 2.75) is 39.3 Å². The van der Waals surface area contributed by atoms with Crippen LogP contribution in [0.25, 0.3) is 0 Å². The van der Waals surface area contributed by atoms with Crippen molar-refractivity contribution >= 4 is 17.3 Å². The molecule has 0 amide bonds. The standard InChI is InChI=1S/C15H19ClFN3/c1-3-12(4-2)20-9-8-11(19-20)10-18-15-13(16)6-5-7-14(15)17/h5-9,12,18H,3-4,10H2,1-2H3. The first-order valence-corrected chi connectivity index (χ1v) is 7.25. The fraction of sp³-hybridized carbons (Fsp3) is 0.400. The minimum Gasteiger partial charge on any atom is -0.376 e. The molecule has 20 heavy (non-hydrogen) atoms. The largest absolute Gasteiger partial charge is 0.376 e. The number of aromatic nitrogens is 2. The van der Waals surface area contributed by atoms with E-state index in [9.17, 15) is 4.39 Å². The molecule has 0 atom stereocenters. The van der Waals surface area contributed by atoms with Gasteiger partial charge in [0.15, 0.2) is 0 Å². The maximum atomic E-state index is 13.6. The van der Waals surface area contributed by atoms with Crippen LogP contribution in [0.2, 0.25) is 5.02 Å². The lowest BCUT2D eigenvalue weighted by Gasteiger charge is -2.12. The highest BCUT2D eigenvalue weighted by Crippen LogP contribution is 2.25. The van der Waals surface area contributed by atoms with E-state index in [-0.39, 0.29) is 5.82 Å². The highest BCUT2D eigenvalue weighted by atomic mass is 35.5. The fourth-order valence-electron chi connectivity index (χ4n) is 2.18. The Labute approximate surface area is 123 Å². The Kier molecular flexibility index (Phi) is 5.01. The van der Waals surface area contributed by atoms with Crippen molar-refractivity contribution in [3.63, 3.8) is 0 Å². The van der Waals surface area contributed by atoms with Crippen LogP contribution in [0.5, 0.6) is 0 Å². The third kappa shape index (κ3) is 3.31. The molecule has 0 bridgehead atoms. The zero-order chi connectivity index (χ0) is 14.5. The van der Waals surface area contributed by atoms with Crippen LogP contribution < -0.4 is 5.32 Å². The molecule has 0 aliphatic carbocycles. The Bertz CT molecular complexity index is 544. The van der Waals surface area contributed by atoms with Crippen LogP contribution in [0.1, 0.15) is 38.4 Å². The van der Waals surface area contributed by atoms with Crippen LogP contribution in [0.3, 0.4) is 0 Å². The number of rotatable bonds is 6. The van der Waals surface area contributed by atoms with Crippen LogP contribution in [0.4, 0.5) is 10.1 Å². The number of nitrogens with one attached hydrogen (secondary N) is 1. The van der Waals surface area contributed by atoms with E-state index in [1.807, 2.05) is 16.9 Å². The van der Waals surface area contributed by atoms with E-state index in [1.54, 1.807) is 12.1 Å². The zero-order valence-electron chi connectivity index (χ0n) is 11.7. The van der Waals surface area contributed by atoms with Gasteiger partial charge in [0.1, 0.15) is 5.82 Å². The third-order valence-corrected chi connectivity index (χ3v) is 3.70. The first-order chi connectivity index (χ1) is 9.65. The number of benzene rings is 1. The molecule has 0 saturated heterocycles. The van der Waals surface area contributed by atoms with Crippen molar-refractivity contribution in [1.82, 2.24) is 9.78 Å². The average Bonchev–Trinajstić information content (AvgIpc) is 2.88. The summed E-state index contributed by atoms with van der Waals surface area (Å²) >= 11 is 5.97. The Morgan fingerprint density at radius 1 is 1.30 bits per heavy atom. The number of halogens is 2. The summed E-state index contributed by atoms with van der Waals surface area (Å²) < 4.78 is 15.6. The van der Waals surface area contributed by atoms with Crippen LogP contribution >= 0.6 is 11.6 Å². The van der Waals surface area contributed by atoms with Crippen molar-refractivity contribution in [3.05, 3.63) is 47.0 Å². The van der Waals surface area contributed by atoms with Gasteiger partial charge in [-0.3, -0.25) is 4.68 Å². The summed E-state index contributed by atoms with van der Waals surface area (Å²) in [4.78, 5) is 0. The van der Waals surface area contributed by atoms with Gasteiger partial charge < -0.3 is 5.32 Å². The molecular formula is C15H19ClFN3. The van der Waals surface area contributed by atoms with E-state index in [0.717, 1.165) is 18.5 Å². The molecular weight excluding hydrogens is 277 g/mol. The van der Waals surface area contributed by atoms with Gasteiger partial charge in [0.2, 0.25) is 0 Å². The molecule has 1 aromatic carbocycles.